The lowest BCUT2D eigenvalue weighted by Gasteiger charge is -2.41. The summed E-state index contributed by atoms with van der Waals surface area (Å²) in [6.07, 6.45) is 3.45. The van der Waals surface area contributed by atoms with Gasteiger partial charge in [-0.1, -0.05) is 13.8 Å². The second-order valence-corrected chi connectivity index (χ2v) is 5.32. The molecule has 3 N–H and O–H groups in total. The Morgan fingerprint density at radius 1 is 1.62 bits per heavy atom. The highest BCUT2D eigenvalue weighted by Crippen LogP contribution is 2.33. The Hall–Kier alpha value is -0.940. The van der Waals surface area contributed by atoms with Crippen molar-refractivity contribution in [2.45, 2.75) is 51.3 Å². The van der Waals surface area contributed by atoms with Gasteiger partial charge in [-0.15, -0.1) is 0 Å². The molecule has 5 heteroatoms. The molecule has 90 valence electrons. The third-order valence-corrected chi connectivity index (χ3v) is 3.01. The van der Waals surface area contributed by atoms with Crippen LogP contribution < -0.4 is 5.73 Å². The third-order valence-electron chi connectivity index (χ3n) is 3.01. The fourth-order valence-corrected chi connectivity index (χ4v) is 2.28. The summed E-state index contributed by atoms with van der Waals surface area (Å²) in [6, 6.07) is 0.145. The van der Waals surface area contributed by atoms with E-state index in [1.807, 2.05) is 4.68 Å². The van der Waals surface area contributed by atoms with Crippen molar-refractivity contribution in [1.29, 1.82) is 0 Å². The first-order valence-corrected chi connectivity index (χ1v) is 5.83. The van der Waals surface area contributed by atoms with E-state index in [0.29, 0.717) is 25.2 Å². The van der Waals surface area contributed by atoms with Gasteiger partial charge in [0.15, 0.2) is 0 Å². The highest BCUT2D eigenvalue weighted by Gasteiger charge is 2.41. The van der Waals surface area contributed by atoms with Crippen LogP contribution in [0.15, 0.2) is 6.33 Å². The van der Waals surface area contributed by atoms with Crippen molar-refractivity contribution in [1.82, 2.24) is 14.8 Å². The van der Waals surface area contributed by atoms with E-state index >= 15 is 0 Å². The molecule has 0 saturated heterocycles. The van der Waals surface area contributed by atoms with Crippen LogP contribution in [0.25, 0.3) is 0 Å². The molecule has 1 fully saturated rings. The number of hydrogen-bond acceptors (Lipinski definition) is 4. The molecule has 0 amide bonds. The molecule has 0 spiro atoms. The summed E-state index contributed by atoms with van der Waals surface area (Å²) >= 11 is 0. The highest BCUT2D eigenvalue weighted by atomic mass is 16.3. The molecule has 2 rings (SSSR count). The second-order valence-electron chi connectivity index (χ2n) is 5.32. The predicted octanol–water partition coefficient (Wildman–Crippen LogP) is 0.329. The molecule has 0 aromatic carbocycles. The van der Waals surface area contributed by atoms with Crippen LogP contribution in [0.1, 0.15) is 32.5 Å². The summed E-state index contributed by atoms with van der Waals surface area (Å²) in [6.45, 7) is 5.12. The Bertz CT molecular complexity index is 355. The van der Waals surface area contributed by atoms with Crippen molar-refractivity contribution in [3.8, 4) is 0 Å². The molecule has 0 aliphatic heterocycles. The number of aromatic nitrogens is 3. The highest BCUT2D eigenvalue weighted by molar-refractivity contribution is 5.03. The zero-order valence-electron chi connectivity index (χ0n) is 9.93. The SMILES string of the molecule is CC(C)Cn1ncnc1CC1(O)CC(N)C1. The van der Waals surface area contributed by atoms with Gasteiger partial charge < -0.3 is 10.8 Å². The van der Waals surface area contributed by atoms with Gasteiger partial charge in [-0.05, 0) is 18.8 Å². The van der Waals surface area contributed by atoms with Gasteiger partial charge >= 0.3 is 0 Å². The smallest absolute Gasteiger partial charge is 0.138 e. The summed E-state index contributed by atoms with van der Waals surface area (Å²) in [5, 5.41) is 14.3. The van der Waals surface area contributed by atoms with Crippen LogP contribution in [0.5, 0.6) is 0 Å². The Morgan fingerprint density at radius 3 is 2.88 bits per heavy atom. The van der Waals surface area contributed by atoms with Crippen LogP contribution in [-0.4, -0.2) is 31.5 Å². The minimum atomic E-state index is -0.652. The maximum absolute atomic E-state index is 10.1. The van der Waals surface area contributed by atoms with Gasteiger partial charge in [-0.25, -0.2) is 9.67 Å². The lowest BCUT2D eigenvalue weighted by Crippen LogP contribution is -2.53. The van der Waals surface area contributed by atoms with Gasteiger partial charge in [-0.2, -0.15) is 5.10 Å². The fraction of sp³-hybridized carbons (Fsp3) is 0.818. The van der Waals surface area contributed by atoms with Gasteiger partial charge in [0, 0.05) is 19.0 Å². The van der Waals surface area contributed by atoms with Crippen molar-refractivity contribution >= 4 is 0 Å². The molecule has 0 unspecified atom stereocenters. The maximum Gasteiger partial charge on any atom is 0.138 e. The Kier molecular flexibility index (Phi) is 2.99. The Morgan fingerprint density at radius 2 is 2.31 bits per heavy atom. The average molecular weight is 224 g/mol. The first-order valence-electron chi connectivity index (χ1n) is 5.83. The van der Waals surface area contributed by atoms with Crippen molar-refractivity contribution in [3.63, 3.8) is 0 Å². The Balaban J connectivity index is 2.01. The van der Waals surface area contributed by atoms with Gasteiger partial charge in [0.1, 0.15) is 12.2 Å². The van der Waals surface area contributed by atoms with E-state index in [1.54, 1.807) is 6.33 Å². The quantitative estimate of drug-likeness (QED) is 0.772. The molecule has 5 nitrogen and oxygen atoms in total. The van der Waals surface area contributed by atoms with Gasteiger partial charge in [0.2, 0.25) is 0 Å². The number of nitrogens with two attached hydrogens (primary N) is 1. The predicted molar refractivity (Wildman–Crippen MR) is 60.7 cm³/mol. The number of hydrogen-bond donors (Lipinski definition) is 2. The maximum atomic E-state index is 10.1. The summed E-state index contributed by atoms with van der Waals surface area (Å²) < 4.78 is 1.88. The van der Waals surface area contributed by atoms with Crippen LogP contribution >= 0.6 is 0 Å². The molecule has 1 aliphatic rings. The molecule has 0 radical (unpaired) electrons. The lowest BCUT2D eigenvalue weighted by molar-refractivity contribution is -0.0478. The zero-order chi connectivity index (χ0) is 11.8. The number of nitrogens with zero attached hydrogens (tertiary/aromatic N) is 3. The number of aliphatic hydroxyl groups is 1. The topological polar surface area (TPSA) is 77.0 Å². The average Bonchev–Trinajstić information content (AvgIpc) is 2.49. The molecule has 1 heterocycles. The minimum absolute atomic E-state index is 0.145. The van der Waals surface area contributed by atoms with E-state index in [1.165, 1.54) is 0 Å². The summed E-state index contributed by atoms with van der Waals surface area (Å²) in [5.41, 5.74) is 5.05. The second kappa shape index (κ2) is 4.14. The van der Waals surface area contributed by atoms with Crippen molar-refractivity contribution in [2.75, 3.05) is 0 Å². The molecule has 1 aromatic heterocycles. The van der Waals surface area contributed by atoms with Crippen LogP contribution in [-0.2, 0) is 13.0 Å². The summed E-state index contributed by atoms with van der Waals surface area (Å²) in [7, 11) is 0. The molecular formula is C11H20N4O. The zero-order valence-corrected chi connectivity index (χ0v) is 9.93. The van der Waals surface area contributed by atoms with E-state index < -0.39 is 5.60 Å². The summed E-state index contributed by atoms with van der Waals surface area (Å²) in [4.78, 5) is 4.21. The molecule has 0 atom stereocenters. The molecule has 1 aromatic rings. The van der Waals surface area contributed by atoms with Crippen LogP contribution in [0, 0.1) is 5.92 Å². The van der Waals surface area contributed by atoms with Crippen molar-refractivity contribution in [3.05, 3.63) is 12.2 Å². The largest absolute Gasteiger partial charge is 0.389 e. The molecule has 1 saturated carbocycles. The van der Waals surface area contributed by atoms with Crippen molar-refractivity contribution < 1.29 is 5.11 Å². The fourth-order valence-electron chi connectivity index (χ4n) is 2.28. The van der Waals surface area contributed by atoms with Crippen LogP contribution in [0.3, 0.4) is 0 Å². The third kappa shape index (κ3) is 2.41. The molecular weight excluding hydrogens is 204 g/mol. The van der Waals surface area contributed by atoms with Crippen LogP contribution in [0.2, 0.25) is 0 Å². The lowest BCUT2D eigenvalue weighted by atomic mass is 9.74. The van der Waals surface area contributed by atoms with E-state index in [4.69, 9.17) is 5.73 Å². The van der Waals surface area contributed by atoms with E-state index in [-0.39, 0.29) is 6.04 Å². The Labute approximate surface area is 95.7 Å². The van der Waals surface area contributed by atoms with E-state index in [0.717, 1.165) is 12.4 Å². The minimum Gasteiger partial charge on any atom is -0.389 e. The van der Waals surface area contributed by atoms with Gasteiger partial charge in [0.05, 0.1) is 5.60 Å². The van der Waals surface area contributed by atoms with Gasteiger partial charge in [0.25, 0.3) is 0 Å². The monoisotopic (exact) mass is 224 g/mol. The standard InChI is InChI=1S/C11H20N4O/c1-8(2)6-15-10(13-7-14-15)5-11(16)3-9(12)4-11/h7-9,16H,3-6,12H2,1-2H3. The molecule has 1 aliphatic carbocycles. The number of rotatable bonds is 4. The first kappa shape index (κ1) is 11.5. The first-order chi connectivity index (χ1) is 7.48. The van der Waals surface area contributed by atoms with Gasteiger partial charge in [-0.3, -0.25) is 0 Å². The molecule has 0 bridgehead atoms. The van der Waals surface area contributed by atoms with E-state index in [9.17, 15) is 5.11 Å². The van der Waals surface area contributed by atoms with Crippen LogP contribution in [0.4, 0.5) is 0 Å². The van der Waals surface area contributed by atoms with Crippen molar-refractivity contribution in [2.24, 2.45) is 11.7 Å². The normalized spacial score (nSPS) is 29.4. The summed E-state index contributed by atoms with van der Waals surface area (Å²) in [5.74, 6) is 1.39. The molecule has 16 heavy (non-hydrogen) atoms. The van der Waals surface area contributed by atoms with E-state index in [2.05, 4.69) is 23.9 Å².